The van der Waals surface area contributed by atoms with Crippen molar-refractivity contribution in [2.75, 3.05) is 7.11 Å². The van der Waals surface area contributed by atoms with Crippen molar-refractivity contribution >= 4 is 15.0 Å². The molecular formula is C9H12N4O3S. The fourth-order valence-corrected chi connectivity index (χ4v) is 2.61. The van der Waals surface area contributed by atoms with Crippen molar-refractivity contribution in [2.24, 2.45) is 5.10 Å². The van der Waals surface area contributed by atoms with Crippen LogP contribution < -0.4 is 21.2 Å². The van der Waals surface area contributed by atoms with Gasteiger partial charge >= 0.3 is 0 Å². The van der Waals surface area contributed by atoms with E-state index in [4.69, 9.17) is 4.74 Å². The molecule has 1 heterocycles. The van der Waals surface area contributed by atoms with Gasteiger partial charge in [-0.25, -0.2) is 14.0 Å². The van der Waals surface area contributed by atoms with Crippen LogP contribution in [0.15, 0.2) is 29.4 Å². The molecule has 0 atom stereocenters. The summed E-state index contributed by atoms with van der Waals surface area (Å²) in [4.78, 5) is 0. The minimum absolute atomic E-state index is 0.136. The molecule has 92 valence electrons. The molecule has 1 aliphatic heterocycles. The lowest BCUT2D eigenvalue weighted by atomic mass is 10.2. The molecule has 3 N–H and O–H groups in total. The predicted molar refractivity (Wildman–Crippen MR) is 62.5 cm³/mol. The molecule has 8 heteroatoms. The van der Waals surface area contributed by atoms with Crippen molar-refractivity contribution in [2.45, 2.75) is 5.75 Å². The molecule has 0 amide bonds. The van der Waals surface area contributed by atoms with Crippen LogP contribution in [-0.4, -0.2) is 20.7 Å². The molecule has 1 aliphatic rings. The first-order chi connectivity index (χ1) is 8.13. The number of nitrogens with zero attached hydrogens (tertiary/aromatic N) is 1. The Morgan fingerprint density at radius 1 is 1.35 bits per heavy atom. The lowest BCUT2D eigenvalue weighted by Crippen LogP contribution is -2.38. The van der Waals surface area contributed by atoms with Crippen LogP contribution in [-0.2, 0) is 15.6 Å². The summed E-state index contributed by atoms with van der Waals surface area (Å²) >= 11 is 0. The standard InChI is InChI=1S/C9H12N4O3S/c1-16-8-5-3-2-4-7(8)6-17(14,15)9-10-12-13-11-9/h2-5,12-13H,6H2,1H3,(H,10,11). The Hall–Kier alpha value is -1.80. The van der Waals surface area contributed by atoms with Crippen LogP contribution in [0.3, 0.4) is 0 Å². The maximum absolute atomic E-state index is 11.9. The average Bonchev–Trinajstić information content (AvgIpc) is 2.83. The van der Waals surface area contributed by atoms with Crippen LogP contribution in [0.2, 0.25) is 0 Å². The fraction of sp³-hybridized carbons (Fsp3) is 0.222. The van der Waals surface area contributed by atoms with E-state index in [9.17, 15) is 8.42 Å². The first-order valence-corrected chi connectivity index (χ1v) is 6.47. The lowest BCUT2D eigenvalue weighted by Gasteiger charge is -2.08. The van der Waals surface area contributed by atoms with Gasteiger partial charge in [0.25, 0.3) is 5.17 Å². The molecule has 17 heavy (non-hydrogen) atoms. The average molecular weight is 256 g/mol. The molecule has 0 aromatic heterocycles. The summed E-state index contributed by atoms with van der Waals surface area (Å²) < 4.78 is 29.0. The summed E-state index contributed by atoms with van der Waals surface area (Å²) in [6.07, 6.45) is 0. The van der Waals surface area contributed by atoms with E-state index in [1.165, 1.54) is 7.11 Å². The van der Waals surface area contributed by atoms with Crippen molar-refractivity contribution in [3.8, 4) is 5.75 Å². The van der Waals surface area contributed by atoms with Gasteiger partial charge < -0.3 is 4.74 Å². The molecule has 1 aromatic rings. The molecule has 0 fully saturated rings. The van der Waals surface area contributed by atoms with E-state index in [1.54, 1.807) is 24.3 Å². The summed E-state index contributed by atoms with van der Waals surface area (Å²) in [5.74, 6) is 0.363. The number of hydrazine groups is 2. The number of hydrogen-bond acceptors (Lipinski definition) is 7. The molecule has 2 rings (SSSR count). The van der Waals surface area contributed by atoms with Crippen LogP contribution in [0, 0.1) is 0 Å². The molecule has 0 aliphatic carbocycles. The molecule has 0 spiro atoms. The Balaban J connectivity index is 2.26. The van der Waals surface area contributed by atoms with Gasteiger partial charge in [-0.15, -0.1) is 10.6 Å². The quantitative estimate of drug-likeness (QED) is 0.675. The highest BCUT2D eigenvalue weighted by molar-refractivity contribution is 8.05. The monoisotopic (exact) mass is 256 g/mol. The summed E-state index contributed by atoms with van der Waals surface area (Å²) in [6.45, 7) is 0. The van der Waals surface area contributed by atoms with E-state index in [1.807, 2.05) is 0 Å². The second-order valence-corrected chi connectivity index (χ2v) is 5.25. The fourth-order valence-electron chi connectivity index (χ4n) is 1.43. The number of sulfone groups is 1. The van der Waals surface area contributed by atoms with E-state index in [-0.39, 0.29) is 10.9 Å². The first kappa shape index (κ1) is 11.7. The number of amidine groups is 1. The highest BCUT2D eigenvalue weighted by Crippen LogP contribution is 2.20. The second-order valence-electron chi connectivity index (χ2n) is 3.35. The summed E-state index contributed by atoms with van der Waals surface area (Å²) in [5, 5.41) is 3.44. The van der Waals surface area contributed by atoms with Gasteiger partial charge in [0.2, 0.25) is 9.84 Å². The molecule has 0 radical (unpaired) electrons. The van der Waals surface area contributed by atoms with Gasteiger partial charge in [0.05, 0.1) is 12.9 Å². The predicted octanol–water partition coefficient (Wildman–Crippen LogP) is -0.507. The first-order valence-electron chi connectivity index (χ1n) is 4.82. The summed E-state index contributed by atoms with van der Waals surface area (Å²) in [6, 6.07) is 6.95. The van der Waals surface area contributed by atoms with Gasteiger partial charge in [-0.2, -0.15) is 0 Å². The molecule has 7 nitrogen and oxygen atoms in total. The number of nitrogens with one attached hydrogen (secondary N) is 3. The van der Waals surface area contributed by atoms with Gasteiger partial charge in [-0.3, -0.25) is 5.43 Å². The number of ether oxygens (including phenoxy) is 1. The molecule has 1 aromatic carbocycles. The van der Waals surface area contributed by atoms with Crippen LogP contribution in [0.25, 0.3) is 0 Å². The minimum Gasteiger partial charge on any atom is -0.496 e. The van der Waals surface area contributed by atoms with E-state index < -0.39 is 9.84 Å². The Kier molecular flexibility index (Phi) is 3.16. The number of para-hydroxylation sites is 1. The number of hydrazone groups is 1. The lowest BCUT2D eigenvalue weighted by molar-refractivity contribution is 0.411. The Morgan fingerprint density at radius 3 is 2.76 bits per heavy atom. The normalized spacial score (nSPS) is 14.8. The van der Waals surface area contributed by atoms with Crippen molar-refractivity contribution in [3.63, 3.8) is 0 Å². The van der Waals surface area contributed by atoms with Crippen LogP contribution >= 0.6 is 0 Å². The Morgan fingerprint density at radius 2 is 2.12 bits per heavy atom. The third kappa shape index (κ3) is 2.48. The molecular weight excluding hydrogens is 244 g/mol. The van der Waals surface area contributed by atoms with Crippen LogP contribution in [0.5, 0.6) is 5.75 Å². The number of rotatable bonds is 3. The SMILES string of the molecule is COc1ccccc1CS(=O)(=O)C1=NNNN1. The number of hydrogen-bond donors (Lipinski definition) is 3. The molecule has 0 saturated carbocycles. The molecule has 0 bridgehead atoms. The Labute approximate surface area is 98.7 Å². The minimum atomic E-state index is -3.51. The van der Waals surface area contributed by atoms with E-state index in [0.717, 1.165) is 0 Å². The third-order valence-corrected chi connectivity index (χ3v) is 3.69. The van der Waals surface area contributed by atoms with Crippen LogP contribution in [0.1, 0.15) is 5.56 Å². The smallest absolute Gasteiger partial charge is 0.256 e. The summed E-state index contributed by atoms with van der Waals surface area (Å²) in [7, 11) is -2.01. The maximum Gasteiger partial charge on any atom is 0.256 e. The van der Waals surface area contributed by atoms with Crippen LogP contribution in [0.4, 0.5) is 0 Å². The maximum atomic E-state index is 11.9. The van der Waals surface area contributed by atoms with Crippen molar-refractivity contribution < 1.29 is 13.2 Å². The summed E-state index contributed by atoms with van der Waals surface area (Å²) in [5.41, 5.74) is 7.69. The largest absolute Gasteiger partial charge is 0.496 e. The van der Waals surface area contributed by atoms with Gasteiger partial charge in [-0.05, 0) is 6.07 Å². The topological polar surface area (TPSA) is 91.8 Å². The third-order valence-electron chi connectivity index (χ3n) is 2.22. The van der Waals surface area contributed by atoms with Gasteiger partial charge in [0.15, 0.2) is 0 Å². The zero-order valence-electron chi connectivity index (χ0n) is 9.10. The van der Waals surface area contributed by atoms with Gasteiger partial charge in [0.1, 0.15) is 5.75 Å². The number of methoxy groups -OCH3 is 1. The molecule has 0 unspecified atom stereocenters. The van der Waals surface area contributed by atoms with Gasteiger partial charge in [-0.1, -0.05) is 18.2 Å². The van der Waals surface area contributed by atoms with Crippen molar-refractivity contribution in [3.05, 3.63) is 29.8 Å². The Bertz CT molecular complexity index is 541. The zero-order valence-corrected chi connectivity index (χ0v) is 9.91. The molecule has 0 saturated heterocycles. The van der Waals surface area contributed by atoms with Gasteiger partial charge in [0, 0.05) is 5.56 Å². The highest BCUT2D eigenvalue weighted by Gasteiger charge is 2.24. The van der Waals surface area contributed by atoms with E-state index in [2.05, 4.69) is 21.6 Å². The van der Waals surface area contributed by atoms with E-state index in [0.29, 0.717) is 11.3 Å². The highest BCUT2D eigenvalue weighted by atomic mass is 32.2. The van der Waals surface area contributed by atoms with Crippen molar-refractivity contribution in [1.82, 2.24) is 16.5 Å². The van der Waals surface area contributed by atoms with Crippen molar-refractivity contribution in [1.29, 1.82) is 0 Å². The zero-order chi connectivity index (χ0) is 12.3. The second kappa shape index (κ2) is 4.60. The van der Waals surface area contributed by atoms with E-state index >= 15 is 0 Å². The number of benzene rings is 1.